The van der Waals surface area contributed by atoms with Gasteiger partial charge in [0.15, 0.2) is 5.82 Å². The van der Waals surface area contributed by atoms with Gasteiger partial charge in [-0.3, -0.25) is 9.69 Å². The Kier molecular flexibility index (Phi) is 3.14. The second-order valence-corrected chi connectivity index (χ2v) is 5.40. The summed E-state index contributed by atoms with van der Waals surface area (Å²) >= 11 is 5.99. The molecule has 2 rings (SSSR count). The molecule has 0 saturated carbocycles. The lowest BCUT2D eigenvalue weighted by Crippen LogP contribution is -2.58. The van der Waals surface area contributed by atoms with Crippen molar-refractivity contribution in [2.75, 3.05) is 31.6 Å². The molecule has 0 amide bonds. The van der Waals surface area contributed by atoms with E-state index in [-0.39, 0.29) is 16.1 Å². The second-order valence-electron chi connectivity index (χ2n) is 5.02. The highest BCUT2D eigenvalue weighted by Gasteiger charge is 2.32. The molecule has 17 heavy (non-hydrogen) atoms. The first-order valence-corrected chi connectivity index (χ1v) is 5.99. The minimum atomic E-state index is -0.284. The van der Waals surface area contributed by atoms with E-state index in [1.807, 2.05) is 0 Å². The van der Waals surface area contributed by atoms with Gasteiger partial charge in [0.25, 0.3) is 5.56 Å². The number of rotatable bonds is 1. The van der Waals surface area contributed by atoms with Gasteiger partial charge in [-0.25, -0.2) is 4.98 Å². The van der Waals surface area contributed by atoms with E-state index in [4.69, 9.17) is 11.6 Å². The molecule has 1 saturated heterocycles. The van der Waals surface area contributed by atoms with Crippen LogP contribution in [0.15, 0.2) is 11.1 Å². The summed E-state index contributed by atoms with van der Waals surface area (Å²) in [6.07, 6.45) is 1.40. The first kappa shape index (κ1) is 12.4. The van der Waals surface area contributed by atoms with E-state index in [0.29, 0.717) is 5.82 Å². The number of nitrogens with one attached hydrogen (secondary N) is 1. The number of aromatic amines is 1. The Morgan fingerprint density at radius 1 is 1.47 bits per heavy atom. The highest BCUT2D eigenvalue weighted by Crippen LogP contribution is 2.25. The predicted octanol–water partition coefficient (Wildman–Crippen LogP) is 0.954. The monoisotopic (exact) mass is 256 g/mol. The smallest absolute Gasteiger partial charge is 0.271 e. The summed E-state index contributed by atoms with van der Waals surface area (Å²) in [5.41, 5.74) is -0.236. The summed E-state index contributed by atoms with van der Waals surface area (Å²) < 4.78 is 0. The van der Waals surface area contributed by atoms with Crippen molar-refractivity contribution in [2.45, 2.75) is 19.4 Å². The molecule has 0 unspecified atom stereocenters. The molecular weight excluding hydrogens is 240 g/mol. The van der Waals surface area contributed by atoms with Crippen molar-refractivity contribution in [3.8, 4) is 0 Å². The van der Waals surface area contributed by atoms with Crippen molar-refractivity contribution in [3.05, 3.63) is 21.7 Å². The molecule has 0 aromatic carbocycles. The van der Waals surface area contributed by atoms with Crippen LogP contribution in [0.2, 0.25) is 5.02 Å². The minimum Gasteiger partial charge on any atom is -0.352 e. The van der Waals surface area contributed by atoms with Crippen LogP contribution in [0.4, 0.5) is 5.82 Å². The third kappa shape index (κ3) is 2.30. The SMILES string of the molecule is CN1CCN(c2nc[nH]c(=O)c2Cl)CC1(C)C. The molecule has 1 fully saturated rings. The zero-order valence-electron chi connectivity index (χ0n) is 10.3. The maximum absolute atomic E-state index is 11.4. The molecule has 0 atom stereocenters. The lowest BCUT2D eigenvalue weighted by atomic mass is 10.00. The molecule has 0 radical (unpaired) electrons. The van der Waals surface area contributed by atoms with Gasteiger partial charge in [-0.05, 0) is 20.9 Å². The number of H-pyrrole nitrogens is 1. The molecule has 1 aliphatic rings. The fourth-order valence-corrected chi connectivity index (χ4v) is 2.24. The lowest BCUT2D eigenvalue weighted by Gasteiger charge is -2.45. The molecule has 1 N–H and O–H groups in total. The summed E-state index contributed by atoms with van der Waals surface area (Å²) in [7, 11) is 2.10. The highest BCUT2D eigenvalue weighted by atomic mass is 35.5. The van der Waals surface area contributed by atoms with Crippen LogP contribution >= 0.6 is 11.6 Å². The predicted molar refractivity (Wildman–Crippen MR) is 68.8 cm³/mol. The van der Waals surface area contributed by atoms with Gasteiger partial charge < -0.3 is 9.88 Å². The van der Waals surface area contributed by atoms with E-state index in [9.17, 15) is 4.79 Å². The lowest BCUT2D eigenvalue weighted by molar-refractivity contribution is 0.138. The van der Waals surface area contributed by atoms with Crippen LogP contribution in [0.5, 0.6) is 0 Å². The Morgan fingerprint density at radius 3 is 2.82 bits per heavy atom. The van der Waals surface area contributed by atoms with Crippen LogP contribution in [0.1, 0.15) is 13.8 Å². The number of hydrogen-bond donors (Lipinski definition) is 1. The van der Waals surface area contributed by atoms with E-state index < -0.39 is 0 Å². The van der Waals surface area contributed by atoms with E-state index >= 15 is 0 Å². The Labute approximate surface area is 105 Å². The summed E-state index contributed by atoms with van der Waals surface area (Å²) in [5, 5.41) is 0.174. The largest absolute Gasteiger partial charge is 0.352 e. The number of aromatic nitrogens is 2. The molecule has 5 nitrogen and oxygen atoms in total. The van der Waals surface area contributed by atoms with Crippen molar-refractivity contribution >= 4 is 17.4 Å². The Balaban J connectivity index is 2.30. The molecule has 1 aliphatic heterocycles. The van der Waals surface area contributed by atoms with Gasteiger partial charge in [0.2, 0.25) is 0 Å². The Hall–Kier alpha value is -1.07. The molecule has 0 bridgehead atoms. The maximum Gasteiger partial charge on any atom is 0.271 e. The average molecular weight is 257 g/mol. The van der Waals surface area contributed by atoms with Crippen molar-refractivity contribution < 1.29 is 0 Å². The fourth-order valence-electron chi connectivity index (χ4n) is 2.02. The number of hydrogen-bond acceptors (Lipinski definition) is 4. The summed E-state index contributed by atoms with van der Waals surface area (Å²) in [5.74, 6) is 0.580. The molecule has 0 aliphatic carbocycles. The van der Waals surface area contributed by atoms with Crippen LogP contribution in [0.3, 0.4) is 0 Å². The molecular formula is C11H17ClN4O. The van der Waals surface area contributed by atoms with Gasteiger partial charge in [-0.1, -0.05) is 11.6 Å². The van der Waals surface area contributed by atoms with Crippen LogP contribution in [0.25, 0.3) is 0 Å². The average Bonchev–Trinajstić information content (AvgIpc) is 2.26. The van der Waals surface area contributed by atoms with Gasteiger partial charge in [0.1, 0.15) is 5.02 Å². The van der Waals surface area contributed by atoms with Crippen molar-refractivity contribution in [3.63, 3.8) is 0 Å². The molecule has 1 aromatic rings. The van der Waals surface area contributed by atoms with Crippen molar-refractivity contribution in [2.24, 2.45) is 0 Å². The third-order valence-electron chi connectivity index (χ3n) is 3.39. The molecule has 94 valence electrons. The van der Waals surface area contributed by atoms with Crippen LogP contribution in [-0.4, -0.2) is 47.1 Å². The minimum absolute atomic E-state index is 0.0475. The topological polar surface area (TPSA) is 52.2 Å². The number of halogens is 1. The Bertz CT molecular complexity index is 471. The van der Waals surface area contributed by atoms with Crippen molar-refractivity contribution in [1.29, 1.82) is 0 Å². The number of anilines is 1. The van der Waals surface area contributed by atoms with Gasteiger partial charge in [0, 0.05) is 25.2 Å². The van der Waals surface area contributed by atoms with Gasteiger partial charge in [-0.15, -0.1) is 0 Å². The first-order chi connectivity index (χ1) is 7.92. The first-order valence-electron chi connectivity index (χ1n) is 5.61. The molecule has 6 heteroatoms. The van der Waals surface area contributed by atoms with E-state index in [2.05, 4.69) is 40.7 Å². The van der Waals surface area contributed by atoms with Gasteiger partial charge in [-0.2, -0.15) is 0 Å². The standard InChI is InChI=1S/C11H17ClN4O/c1-11(2)6-16(5-4-15(11)3)9-8(12)10(17)14-7-13-9/h7H,4-6H2,1-3H3,(H,13,14,17). The number of likely N-dealkylation sites (N-methyl/N-ethyl adjacent to an activating group) is 1. The summed E-state index contributed by atoms with van der Waals surface area (Å²) in [6.45, 7) is 6.90. The van der Waals surface area contributed by atoms with Gasteiger partial charge >= 0.3 is 0 Å². The summed E-state index contributed by atoms with van der Waals surface area (Å²) in [6, 6.07) is 0. The van der Waals surface area contributed by atoms with E-state index in [0.717, 1.165) is 19.6 Å². The Morgan fingerprint density at radius 2 is 2.18 bits per heavy atom. The third-order valence-corrected chi connectivity index (χ3v) is 3.73. The van der Waals surface area contributed by atoms with E-state index in [1.165, 1.54) is 6.33 Å². The molecule has 2 heterocycles. The molecule has 0 spiro atoms. The van der Waals surface area contributed by atoms with Crippen molar-refractivity contribution in [1.82, 2.24) is 14.9 Å². The zero-order valence-corrected chi connectivity index (χ0v) is 11.1. The quantitative estimate of drug-likeness (QED) is 0.813. The fraction of sp³-hybridized carbons (Fsp3) is 0.636. The zero-order chi connectivity index (χ0) is 12.6. The number of piperazine rings is 1. The highest BCUT2D eigenvalue weighted by molar-refractivity contribution is 6.32. The molecule has 1 aromatic heterocycles. The van der Waals surface area contributed by atoms with Crippen LogP contribution < -0.4 is 10.5 Å². The normalized spacial score (nSPS) is 20.6. The number of nitrogens with zero attached hydrogens (tertiary/aromatic N) is 3. The van der Waals surface area contributed by atoms with Crippen LogP contribution in [0, 0.1) is 0 Å². The summed E-state index contributed by atoms with van der Waals surface area (Å²) in [4.78, 5) is 22.5. The van der Waals surface area contributed by atoms with Crippen LogP contribution in [-0.2, 0) is 0 Å². The maximum atomic E-state index is 11.4. The van der Waals surface area contributed by atoms with Gasteiger partial charge in [0.05, 0.1) is 6.33 Å². The second kappa shape index (κ2) is 4.31. The van der Waals surface area contributed by atoms with E-state index in [1.54, 1.807) is 0 Å².